The molecule has 0 radical (unpaired) electrons. The summed E-state index contributed by atoms with van der Waals surface area (Å²) >= 11 is 6.64. The number of ether oxygens (including phenoxy) is 1. The lowest BCUT2D eigenvalue weighted by Crippen LogP contribution is -2.17. The molecule has 0 N–H and O–H groups in total. The maximum Gasteiger partial charge on any atom is 0.573 e. The monoisotopic (exact) mass is 383 g/mol. The van der Waals surface area contributed by atoms with Crippen molar-refractivity contribution in [2.45, 2.75) is 13.3 Å². The summed E-state index contributed by atoms with van der Waals surface area (Å²) in [5.74, 6) is -0.309. The molecule has 1 heterocycles. The first-order chi connectivity index (χ1) is 8.29. The molecule has 0 saturated carbocycles. The molecule has 0 unspecified atom stereocenters. The predicted octanol–water partition coefficient (Wildman–Crippen LogP) is 4.97. The normalized spacial score (nSPS) is 11.9. The van der Waals surface area contributed by atoms with Crippen LogP contribution in [0.25, 0.3) is 10.9 Å². The molecule has 0 aliphatic carbocycles. The Morgan fingerprint density at radius 1 is 1.17 bits per heavy atom. The van der Waals surface area contributed by atoms with E-state index in [4.69, 9.17) is 0 Å². The Bertz CT molecular complexity index is 613. The molecule has 0 spiro atoms. The number of hydrogen-bond acceptors (Lipinski definition) is 2. The summed E-state index contributed by atoms with van der Waals surface area (Å²) in [7, 11) is 0. The summed E-state index contributed by atoms with van der Waals surface area (Å²) in [4.78, 5) is 4.12. The number of fused-ring (bicyclic) bond motifs is 1. The number of aryl methyl sites for hydroxylation is 1. The smallest absolute Gasteiger partial charge is 0.403 e. The van der Waals surface area contributed by atoms with Gasteiger partial charge in [-0.15, -0.1) is 13.2 Å². The fraction of sp³-hybridized carbons (Fsp3) is 0.182. The van der Waals surface area contributed by atoms with Crippen LogP contribution in [-0.4, -0.2) is 11.3 Å². The minimum Gasteiger partial charge on any atom is -0.403 e. The summed E-state index contributed by atoms with van der Waals surface area (Å²) < 4.78 is 42.2. The highest BCUT2D eigenvalue weighted by Gasteiger charge is 2.32. The Labute approximate surface area is 117 Å². The van der Waals surface area contributed by atoms with Crippen molar-refractivity contribution in [3.05, 3.63) is 32.8 Å². The quantitative estimate of drug-likeness (QED) is 0.692. The Morgan fingerprint density at radius 2 is 1.83 bits per heavy atom. The molecule has 2 nitrogen and oxygen atoms in total. The van der Waals surface area contributed by atoms with E-state index in [1.54, 1.807) is 13.0 Å². The molecule has 0 fully saturated rings. The van der Waals surface area contributed by atoms with Crippen LogP contribution in [0, 0.1) is 6.92 Å². The molecule has 0 amide bonds. The number of aromatic nitrogens is 1. The Balaban J connectivity index is 2.70. The van der Waals surface area contributed by atoms with Crippen molar-refractivity contribution in [1.82, 2.24) is 4.98 Å². The van der Waals surface area contributed by atoms with Gasteiger partial charge in [0.25, 0.3) is 0 Å². The van der Waals surface area contributed by atoms with E-state index < -0.39 is 6.36 Å². The topological polar surface area (TPSA) is 22.1 Å². The van der Waals surface area contributed by atoms with E-state index in [-0.39, 0.29) is 11.3 Å². The Kier molecular flexibility index (Phi) is 3.55. The SMILES string of the molecule is Cc1nc2c(OC(F)(F)F)cccc2c(Br)c1Br. The lowest BCUT2D eigenvalue weighted by molar-refractivity contribution is -0.274. The van der Waals surface area contributed by atoms with Crippen LogP contribution in [0.4, 0.5) is 13.2 Å². The molecule has 0 aliphatic heterocycles. The first kappa shape index (κ1) is 13.6. The second-order valence-corrected chi connectivity index (χ2v) is 5.11. The number of halogens is 5. The number of pyridine rings is 1. The van der Waals surface area contributed by atoms with E-state index >= 15 is 0 Å². The van der Waals surface area contributed by atoms with E-state index in [0.29, 0.717) is 20.0 Å². The zero-order valence-corrected chi connectivity index (χ0v) is 12.1. The minimum absolute atomic E-state index is 0.169. The summed E-state index contributed by atoms with van der Waals surface area (Å²) in [6, 6.07) is 4.39. The molecule has 1 aromatic heterocycles. The van der Waals surface area contributed by atoms with Crippen molar-refractivity contribution in [1.29, 1.82) is 0 Å². The third-order valence-electron chi connectivity index (χ3n) is 2.25. The van der Waals surface area contributed by atoms with Crippen LogP contribution in [0.3, 0.4) is 0 Å². The van der Waals surface area contributed by atoms with Gasteiger partial charge in [0.05, 0.1) is 10.2 Å². The summed E-state index contributed by atoms with van der Waals surface area (Å²) in [6.45, 7) is 1.69. The highest BCUT2D eigenvalue weighted by atomic mass is 79.9. The number of nitrogens with zero attached hydrogens (tertiary/aromatic N) is 1. The van der Waals surface area contributed by atoms with Crippen molar-refractivity contribution in [3.63, 3.8) is 0 Å². The van der Waals surface area contributed by atoms with Gasteiger partial charge >= 0.3 is 6.36 Å². The molecule has 18 heavy (non-hydrogen) atoms. The van der Waals surface area contributed by atoms with Crippen molar-refractivity contribution < 1.29 is 17.9 Å². The van der Waals surface area contributed by atoms with Crippen LogP contribution < -0.4 is 4.74 Å². The second kappa shape index (κ2) is 4.70. The van der Waals surface area contributed by atoms with Gasteiger partial charge in [-0.2, -0.15) is 0 Å². The second-order valence-electron chi connectivity index (χ2n) is 3.53. The Hall–Kier alpha value is -0.820. The molecule has 0 aliphatic rings. The van der Waals surface area contributed by atoms with Crippen LogP contribution >= 0.6 is 31.9 Å². The number of para-hydroxylation sites is 1. The number of rotatable bonds is 1. The summed E-state index contributed by atoms with van der Waals surface area (Å²) in [6.07, 6.45) is -4.73. The standard InChI is InChI=1S/C11H6Br2F3NO/c1-5-8(12)9(13)6-3-2-4-7(10(6)17-5)18-11(14,15)16/h2-4H,1H3. The maximum atomic E-state index is 12.3. The van der Waals surface area contributed by atoms with E-state index in [9.17, 15) is 13.2 Å². The maximum absolute atomic E-state index is 12.3. The van der Waals surface area contributed by atoms with Crippen LogP contribution in [0.15, 0.2) is 27.1 Å². The van der Waals surface area contributed by atoms with E-state index in [1.807, 2.05) is 0 Å². The first-order valence-electron chi connectivity index (χ1n) is 4.79. The highest BCUT2D eigenvalue weighted by Crippen LogP contribution is 2.37. The molecular weight excluding hydrogens is 379 g/mol. The number of hydrogen-bond donors (Lipinski definition) is 0. The molecule has 1 aromatic carbocycles. The molecule has 0 saturated heterocycles. The van der Waals surface area contributed by atoms with Crippen LogP contribution in [0.2, 0.25) is 0 Å². The van der Waals surface area contributed by atoms with Gasteiger partial charge in [0.1, 0.15) is 5.52 Å². The molecule has 7 heteroatoms. The van der Waals surface area contributed by atoms with Gasteiger partial charge in [-0.3, -0.25) is 0 Å². The van der Waals surface area contributed by atoms with Gasteiger partial charge in [-0.05, 0) is 44.8 Å². The zero-order chi connectivity index (χ0) is 13.5. The number of alkyl halides is 3. The van der Waals surface area contributed by atoms with Crippen LogP contribution in [0.1, 0.15) is 5.69 Å². The van der Waals surface area contributed by atoms with Crippen LogP contribution in [0.5, 0.6) is 5.75 Å². The lowest BCUT2D eigenvalue weighted by Gasteiger charge is -2.12. The van der Waals surface area contributed by atoms with Gasteiger partial charge in [-0.1, -0.05) is 12.1 Å². The molecule has 0 bridgehead atoms. The number of benzene rings is 1. The third kappa shape index (κ3) is 2.61. The molecular formula is C11H6Br2F3NO. The van der Waals surface area contributed by atoms with Crippen LogP contribution in [-0.2, 0) is 0 Å². The molecule has 2 aromatic rings. The average molecular weight is 385 g/mol. The highest BCUT2D eigenvalue weighted by molar-refractivity contribution is 9.13. The molecule has 0 atom stereocenters. The van der Waals surface area contributed by atoms with Crippen molar-refractivity contribution >= 4 is 42.8 Å². The average Bonchev–Trinajstić information content (AvgIpc) is 2.25. The largest absolute Gasteiger partial charge is 0.573 e. The van der Waals surface area contributed by atoms with E-state index in [2.05, 4.69) is 41.6 Å². The van der Waals surface area contributed by atoms with Gasteiger partial charge in [0.15, 0.2) is 5.75 Å². The predicted molar refractivity (Wildman–Crippen MR) is 68.6 cm³/mol. The zero-order valence-electron chi connectivity index (χ0n) is 8.98. The van der Waals surface area contributed by atoms with E-state index in [0.717, 1.165) is 0 Å². The fourth-order valence-electron chi connectivity index (χ4n) is 1.52. The van der Waals surface area contributed by atoms with Gasteiger partial charge < -0.3 is 4.74 Å². The Morgan fingerprint density at radius 3 is 2.44 bits per heavy atom. The molecule has 2 rings (SSSR count). The van der Waals surface area contributed by atoms with Gasteiger partial charge in [-0.25, -0.2) is 4.98 Å². The van der Waals surface area contributed by atoms with Crippen molar-refractivity contribution in [2.24, 2.45) is 0 Å². The minimum atomic E-state index is -4.73. The summed E-state index contributed by atoms with van der Waals surface area (Å²) in [5.41, 5.74) is 0.745. The van der Waals surface area contributed by atoms with Crippen molar-refractivity contribution in [2.75, 3.05) is 0 Å². The summed E-state index contributed by atoms with van der Waals surface area (Å²) in [5, 5.41) is 0.550. The third-order valence-corrected chi connectivity index (χ3v) is 4.58. The molecule has 96 valence electrons. The van der Waals surface area contributed by atoms with Gasteiger partial charge in [0.2, 0.25) is 0 Å². The lowest BCUT2D eigenvalue weighted by atomic mass is 10.2. The van der Waals surface area contributed by atoms with Gasteiger partial charge in [0, 0.05) is 9.86 Å². The van der Waals surface area contributed by atoms with E-state index in [1.165, 1.54) is 12.1 Å². The van der Waals surface area contributed by atoms with Crippen molar-refractivity contribution in [3.8, 4) is 5.75 Å². The fourth-order valence-corrected chi connectivity index (χ4v) is 2.42. The first-order valence-corrected chi connectivity index (χ1v) is 6.38.